The number of benzene rings is 1. The van der Waals surface area contributed by atoms with E-state index in [2.05, 4.69) is 15.5 Å². The lowest BCUT2D eigenvalue weighted by molar-refractivity contribution is -0.119. The van der Waals surface area contributed by atoms with Crippen molar-refractivity contribution >= 4 is 29.3 Å². The van der Waals surface area contributed by atoms with E-state index in [0.717, 1.165) is 0 Å². The third-order valence-electron chi connectivity index (χ3n) is 5.62. The number of amides is 2. The first-order valence-electron chi connectivity index (χ1n) is 11.6. The fourth-order valence-electron chi connectivity index (χ4n) is 3.94. The van der Waals surface area contributed by atoms with Gasteiger partial charge in [0.15, 0.2) is 0 Å². The predicted octanol–water partition coefficient (Wildman–Crippen LogP) is 4.10. The lowest BCUT2D eigenvalue weighted by atomic mass is 9.95. The molecule has 1 aromatic carbocycles. The van der Waals surface area contributed by atoms with Crippen molar-refractivity contribution in [3.05, 3.63) is 58.5 Å². The second kappa shape index (κ2) is 10.8. The molecule has 0 saturated carbocycles. The quantitative estimate of drug-likeness (QED) is 0.639. The molecule has 2 aliphatic heterocycles. The van der Waals surface area contributed by atoms with Gasteiger partial charge in [-0.1, -0.05) is 17.7 Å². The Morgan fingerprint density at radius 3 is 2.75 bits per heavy atom. The van der Waals surface area contributed by atoms with Crippen molar-refractivity contribution in [2.75, 3.05) is 26.3 Å². The first-order chi connectivity index (χ1) is 17.1. The lowest BCUT2D eigenvalue weighted by Gasteiger charge is -2.29. The molecule has 2 atom stereocenters. The summed E-state index contributed by atoms with van der Waals surface area (Å²) in [6.45, 7) is 6.38. The number of rotatable bonds is 5. The van der Waals surface area contributed by atoms with E-state index in [1.54, 1.807) is 50.1 Å². The van der Waals surface area contributed by atoms with E-state index in [4.69, 9.17) is 25.8 Å². The molecule has 0 radical (unpaired) electrons. The van der Waals surface area contributed by atoms with Crippen LogP contribution in [0.15, 0.2) is 41.6 Å². The smallest absolute Gasteiger partial charge is 0.410 e. The summed E-state index contributed by atoms with van der Waals surface area (Å²) in [5.74, 6) is -0.725. The van der Waals surface area contributed by atoms with Gasteiger partial charge in [0.25, 0.3) is 0 Å². The second-order valence-electron chi connectivity index (χ2n) is 9.62. The number of halogens is 2. The van der Waals surface area contributed by atoms with Crippen molar-refractivity contribution in [1.29, 1.82) is 0 Å². The maximum absolute atomic E-state index is 14.2. The Balaban J connectivity index is 1.51. The van der Waals surface area contributed by atoms with E-state index in [0.29, 0.717) is 29.3 Å². The third-order valence-corrected chi connectivity index (χ3v) is 5.93. The maximum Gasteiger partial charge on any atom is 0.410 e. The molecule has 2 aromatic rings. The largest absolute Gasteiger partial charge is 0.477 e. The number of nitrogens with zero attached hydrogens (tertiary/aromatic N) is 3. The molecule has 9 nitrogen and oxygen atoms in total. The summed E-state index contributed by atoms with van der Waals surface area (Å²) in [5.41, 5.74) is 3.67. The molecule has 3 heterocycles. The van der Waals surface area contributed by atoms with Gasteiger partial charge in [0.1, 0.15) is 11.4 Å². The van der Waals surface area contributed by atoms with Crippen LogP contribution in [0, 0.1) is 11.7 Å². The second-order valence-corrected chi connectivity index (χ2v) is 10.0. The number of ether oxygens (including phenoxy) is 3. The van der Waals surface area contributed by atoms with E-state index < -0.39 is 23.6 Å². The van der Waals surface area contributed by atoms with Gasteiger partial charge < -0.3 is 19.1 Å². The molecule has 0 unspecified atom stereocenters. The van der Waals surface area contributed by atoms with Gasteiger partial charge in [-0.05, 0) is 44.5 Å². The van der Waals surface area contributed by atoms with Crippen LogP contribution in [0.4, 0.5) is 9.18 Å². The molecular formula is C25H28ClFN4O5. The molecule has 0 aliphatic carbocycles. The van der Waals surface area contributed by atoms with Crippen LogP contribution in [-0.2, 0) is 14.3 Å². The number of carbonyl (C=O) groups is 2. The highest BCUT2D eigenvalue weighted by molar-refractivity contribution is 6.30. The Labute approximate surface area is 213 Å². The molecule has 0 bridgehead atoms. The van der Waals surface area contributed by atoms with E-state index in [1.165, 1.54) is 12.1 Å². The number of aromatic nitrogens is 1. The van der Waals surface area contributed by atoms with Crippen LogP contribution in [0.3, 0.4) is 0 Å². The average Bonchev–Trinajstić information content (AvgIpc) is 3.14. The van der Waals surface area contributed by atoms with E-state index >= 15 is 0 Å². The van der Waals surface area contributed by atoms with E-state index in [-0.39, 0.29) is 43.0 Å². The SMILES string of the molecule is CC(C)(C)OC(=O)N1CCO[C@@H](c2ccc(Cl)c(F)c2)[C@H](COc2ccc(C3=NNC(=O)C3)cn2)C1. The topological polar surface area (TPSA) is 102 Å². The molecule has 36 heavy (non-hydrogen) atoms. The average molecular weight is 519 g/mol. The van der Waals surface area contributed by atoms with Gasteiger partial charge in [-0.25, -0.2) is 19.6 Å². The Morgan fingerprint density at radius 1 is 1.31 bits per heavy atom. The first-order valence-corrected chi connectivity index (χ1v) is 12.0. The van der Waals surface area contributed by atoms with Crippen LogP contribution in [0.2, 0.25) is 5.02 Å². The molecule has 2 aliphatic rings. The monoisotopic (exact) mass is 518 g/mol. The zero-order valence-corrected chi connectivity index (χ0v) is 21.0. The Kier molecular flexibility index (Phi) is 7.75. The Bertz CT molecular complexity index is 1150. The van der Waals surface area contributed by atoms with Crippen LogP contribution >= 0.6 is 11.6 Å². The molecule has 4 rings (SSSR count). The van der Waals surface area contributed by atoms with Crippen LogP contribution < -0.4 is 10.2 Å². The van der Waals surface area contributed by atoms with Crippen molar-refractivity contribution in [2.24, 2.45) is 11.0 Å². The Hall–Kier alpha value is -3.24. The summed E-state index contributed by atoms with van der Waals surface area (Å²) in [5, 5.41) is 4.00. The number of pyridine rings is 1. The summed E-state index contributed by atoms with van der Waals surface area (Å²) in [7, 11) is 0. The number of hydrogen-bond donors (Lipinski definition) is 1. The highest BCUT2D eigenvalue weighted by Gasteiger charge is 2.34. The molecule has 1 fully saturated rings. The zero-order valence-electron chi connectivity index (χ0n) is 20.3. The van der Waals surface area contributed by atoms with Gasteiger partial charge in [-0.2, -0.15) is 5.10 Å². The molecule has 11 heteroatoms. The van der Waals surface area contributed by atoms with Crippen molar-refractivity contribution in [1.82, 2.24) is 15.3 Å². The maximum atomic E-state index is 14.2. The van der Waals surface area contributed by atoms with Crippen molar-refractivity contribution in [2.45, 2.75) is 38.9 Å². The van der Waals surface area contributed by atoms with E-state index in [9.17, 15) is 14.0 Å². The fraction of sp³-hybridized carbons (Fsp3) is 0.440. The minimum absolute atomic E-state index is 0.0172. The van der Waals surface area contributed by atoms with Crippen LogP contribution in [-0.4, -0.2) is 59.5 Å². The summed E-state index contributed by atoms with van der Waals surface area (Å²) < 4.78 is 31.8. The predicted molar refractivity (Wildman–Crippen MR) is 130 cm³/mol. The minimum Gasteiger partial charge on any atom is -0.477 e. The van der Waals surface area contributed by atoms with Gasteiger partial charge >= 0.3 is 6.09 Å². The number of hydrazone groups is 1. The summed E-state index contributed by atoms with van der Waals surface area (Å²) in [6.07, 6.45) is 0.772. The lowest BCUT2D eigenvalue weighted by Crippen LogP contribution is -2.41. The van der Waals surface area contributed by atoms with Gasteiger partial charge in [-0.3, -0.25) is 4.79 Å². The summed E-state index contributed by atoms with van der Waals surface area (Å²) in [6, 6.07) is 7.98. The third kappa shape index (κ3) is 6.50. The molecule has 1 N–H and O–H groups in total. The number of hydrogen-bond acceptors (Lipinski definition) is 7. The molecule has 1 aromatic heterocycles. The normalized spacial score (nSPS) is 20.4. The highest BCUT2D eigenvalue weighted by atomic mass is 35.5. The van der Waals surface area contributed by atoms with Crippen molar-refractivity contribution < 1.29 is 28.2 Å². The molecule has 0 spiro atoms. The molecule has 2 amide bonds. The van der Waals surface area contributed by atoms with Crippen molar-refractivity contribution in [3.8, 4) is 5.88 Å². The van der Waals surface area contributed by atoms with Gasteiger partial charge in [0.2, 0.25) is 11.8 Å². The van der Waals surface area contributed by atoms with Gasteiger partial charge in [0, 0.05) is 36.8 Å². The van der Waals surface area contributed by atoms with Gasteiger partial charge in [-0.15, -0.1) is 0 Å². The zero-order chi connectivity index (χ0) is 25.9. The summed E-state index contributed by atoms with van der Waals surface area (Å²) in [4.78, 5) is 30.1. The van der Waals surface area contributed by atoms with Crippen molar-refractivity contribution in [3.63, 3.8) is 0 Å². The van der Waals surface area contributed by atoms with Crippen LogP contribution in [0.1, 0.15) is 44.4 Å². The molecule has 192 valence electrons. The highest BCUT2D eigenvalue weighted by Crippen LogP contribution is 2.32. The first kappa shape index (κ1) is 25.8. The van der Waals surface area contributed by atoms with Crippen LogP contribution in [0.25, 0.3) is 0 Å². The summed E-state index contributed by atoms with van der Waals surface area (Å²) >= 11 is 5.87. The fourth-order valence-corrected chi connectivity index (χ4v) is 4.06. The Morgan fingerprint density at radius 2 is 2.11 bits per heavy atom. The number of nitrogens with one attached hydrogen (secondary N) is 1. The van der Waals surface area contributed by atoms with Crippen LogP contribution in [0.5, 0.6) is 5.88 Å². The van der Waals surface area contributed by atoms with E-state index in [1.807, 2.05) is 0 Å². The standard InChI is InChI=1S/C25H28ClFN4O5/c1-25(2,3)36-24(33)31-8-9-34-23(15-4-6-18(26)19(27)10-15)17(13-31)14-35-22-7-5-16(12-28-22)20-11-21(32)30-29-20/h4-7,10,12,17,23H,8-9,11,13-14H2,1-3H3,(H,30,32)/t17-,23-/m0/s1. The number of carbonyl (C=O) groups excluding carboxylic acids is 2. The molecule has 1 saturated heterocycles. The van der Waals surface area contributed by atoms with Gasteiger partial charge in [0.05, 0.1) is 36.5 Å². The minimum atomic E-state index is -0.648. The molecular weight excluding hydrogens is 491 g/mol.